The van der Waals surface area contributed by atoms with E-state index in [1.165, 1.54) is 29.7 Å². The number of aromatic hydroxyl groups is 1. The maximum absolute atomic E-state index is 13.0. The van der Waals surface area contributed by atoms with Crippen LogP contribution in [-0.4, -0.2) is 26.5 Å². The van der Waals surface area contributed by atoms with Gasteiger partial charge < -0.3 is 9.84 Å². The van der Waals surface area contributed by atoms with Crippen LogP contribution in [0.2, 0.25) is 0 Å². The van der Waals surface area contributed by atoms with Crippen molar-refractivity contribution >= 4 is 39.1 Å². The zero-order valence-electron chi connectivity index (χ0n) is 15.2. The Bertz CT molecular complexity index is 1390. The van der Waals surface area contributed by atoms with E-state index in [2.05, 4.69) is 4.98 Å². The summed E-state index contributed by atoms with van der Waals surface area (Å²) in [4.78, 5) is 28.9. The van der Waals surface area contributed by atoms with E-state index in [0.717, 1.165) is 28.0 Å². The molecule has 0 bridgehead atoms. The van der Waals surface area contributed by atoms with Crippen molar-refractivity contribution in [3.05, 3.63) is 66.0 Å². The number of benzene rings is 2. The van der Waals surface area contributed by atoms with Gasteiger partial charge in [-0.3, -0.25) is 14.9 Å². The first-order valence-corrected chi connectivity index (χ1v) is 9.11. The largest absolute Gasteiger partial charge is 0.504 e. The maximum atomic E-state index is 13.0. The van der Waals surface area contributed by atoms with Crippen LogP contribution in [-0.2, 0) is 0 Å². The molecule has 0 amide bonds. The van der Waals surface area contributed by atoms with Gasteiger partial charge in [0.15, 0.2) is 10.7 Å². The smallest absolute Gasteiger partial charge is 0.322 e. The number of phenolic OH excluding ortho intramolecular Hbond substituents is 1. The topological polar surface area (TPSA) is 107 Å². The fourth-order valence-corrected chi connectivity index (χ4v) is 4.30. The first-order chi connectivity index (χ1) is 13.3. The number of nitro groups is 1. The summed E-state index contributed by atoms with van der Waals surface area (Å²) >= 11 is 1.15. The average Bonchev–Trinajstić information content (AvgIpc) is 3.13. The molecule has 0 saturated heterocycles. The molecule has 8 nitrogen and oxygen atoms in total. The van der Waals surface area contributed by atoms with E-state index in [1.807, 2.05) is 26.0 Å². The molecule has 0 aliphatic rings. The van der Waals surface area contributed by atoms with Gasteiger partial charge in [-0.05, 0) is 49.2 Å². The summed E-state index contributed by atoms with van der Waals surface area (Å²) in [6.07, 6.45) is 1.43. The molecule has 0 aliphatic carbocycles. The van der Waals surface area contributed by atoms with Crippen molar-refractivity contribution in [2.24, 2.45) is 0 Å². The van der Waals surface area contributed by atoms with Crippen LogP contribution in [0.25, 0.3) is 22.1 Å². The van der Waals surface area contributed by atoms with Crippen molar-refractivity contribution in [3.8, 4) is 11.5 Å². The lowest BCUT2D eigenvalue weighted by Crippen LogP contribution is -2.22. The number of nitrogens with zero attached hydrogens (tertiary/aromatic N) is 3. The number of methoxy groups -OCH3 is 1. The Balaban J connectivity index is 2.04. The van der Waals surface area contributed by atoms with Gasteiger partial charge in [-0.1, -0.05) is 17.4 Å². The zero-order valence-corrected chi connectivity index (χ0v) is 16.0. The standard InChI is InChI=1S/C19H15N3O5S/c1-9-6-10(2)15-12(7-9)21-18(24)14(28-19(21)20-15)8-11-4-5-13(23)17(27-3)16(11)22(25)26/h4-8,23H,1-3H3/b14-8-. The number of imidazole rings is 1. The normalized spacial score (nSPS) is 12.2. The number of ether oxygens (including phenoxy) is 1. The highest BCUT2D eigenvalue weighted by Gasteiger charge is 2.24. The molecule has 0 radical (unpaired) electrons. The second-order valence-corrected chi connectivity index (χ2v) is 7.42. The van der Waals surface area contributed by atoms with Crippen LogP contribution >= 0.6 is 11.3 Å². The molecule has 4 aromatic rings. The Hall–Kier alpha value is -3.46. The van der Waals surface area contributed by atoms with Crippen LogP contribution in [0.4, 0.5) is 5.69 Å². The molecule has 28 heavy (non-hydrogen) atoms. The highest BCUT2D eigenvalue weighted by molar-refractivity contribution is 7.15. The highest BCUT2D eigenvalue weighted by atomic mass is 32.1. The molecule has 0 aliphatic heterocycles. The lowest BCUT2D eigenvalue weighted by atomic mass is 10.1. The van der Waals surface area contributed by atoms with Crippen LogP contribution in [0.15, 0.2) is 29.1 Å². The van der Waals surface area contributed by atoms with E-state index >= 15 is 0 Å². The molecule has 2 heterocycles. The van der Waals surface area contributed by atoms with Crippen LogP contribution in [0.1, 0.15) is 16.7 Å². The van der Waals surface area contributed by atoms with Gasteiger partial charge in [0, 0.05) is 0 Å². The average molecular weight is 397 g/mol. The molecule has 1 N–H and O–H groups in total. The quantitative estimate of drug-likeness (QED) is 0.421. The van der Waals surface area contributed by atoms with E-state index in [1.54, 1.807) is 0 Å². The lowest BCUT2D eigenvalue weighted by Gasteiger charge is -2.05. The Morgan fingerprint density at radius 3 is 2.75 bits per heavy atom. The minimum Gasteiger partial charge on any atom is -0.504 e. The van der Waals surface area contributed by atoms with Crippen molar-refractivity contribution in [2.75, 3.05) is 7.11 Å². The number of rotatable bonds is 3. The summed E-state index contributed by atoms with van der Waals surface area (Å²) in [6, 6.07) is 6.57. The first kappa shape index (κ1) is 17.9. The minimum atomic E-state index is -0.643. The third-order valence-corrected chi connectivity index (χ3v) is 5.46. The van der Waals surface area contributed by atoms with Gasteiger partial charge in [0.25, 0.3) is 5.56 Å². The Morgan fingerprint density at radius 1 is 1.32 bits per heavy atom. The highest BCUT2D eigenvalue weighted by Crippen LogP contribution is 2.39. The van der Waals surface area contributed by atoms with Gasteiger partial charge >= 0.3 is 5.69 Å². The molecule has 0 fully saturated rings. The third-order valence-electron chi connectivity index (χ3n) is 4.49. The van der Waals surface area contributed by atoms with E-state index < -0.39 is 10.6 Å². The van der Waals surface area contributed by atoms with Crippen molar-refractivity contribution in [2.45, 2.75) is 13.8 Å². The molecule has 2 aromatic carbocycles. The van der Waals surface area contributed by atoms with Crippen molar-refractivity contribution in [1.82, 2.24) is 9.38 Å². The number of aromatic nitrogens is 2. The molecular weight excluding hydrogens is 382 g/mol. The van der Waals surface area contributed by atoms with Crippen molar-refractivity contribution in [1.29, 1.82) is 0 Å². The summed E-state index contributed by atoms with van der Waals surface area (Å²) in [5.74, 6) is -0.587. The molecule has 9 heteroatoms. The van der Waals surface area contributed by atoms with Crippen LogP contribution < -0.4 is 14.8 Å². The first-order valence-electron chi connectivity index (χ1n) is 8.30. The Labute approximate surface area is 162 Å². The Morgan fingerprint density at radius 2 is 2.07 bits per heavy atom. The lowest BCUT2D eigenvalue weighted by molar-refractivity contribution is -0.386. The second-order valence-electron chi connectivity index (χ2n) is 6.41. The summed E-state index contributed by atoms with van der Waals surface area (Å²) < 4.78 is 6.80. The number of thiazole rings is 1. The summed E-state index contributed by atoms with van der Waals surface area (Å²) in [5, 5.41) is 21.3. The van der Waals surface area contributed by atoms with Gasteiger partial charge in [-0.2, -0.15) is 0 Å². The van der Waals surface area contributed by atoms with E-state index in [-0.39, 0.29) is 22.6 Å². The summed E-state index contributed by atoms with van der Waals surface area (Å²) in [7, 11) is 1.24. The SMILES string of the molecule is COc1c(O)ccc(/C=c2\sc3nc4c(C)cc(C)cc4n3c2=O)c1[N+](=O)[O-]. The van der Waals surface area contributed by atoms with Crippen LogP contribution in [0.3, 0.4) is 0 Å². The maximum Gasteiger partial charge on any atom is 0.322 e. The second kappa shape index (κ2) is 6.31. The Kier molecular flexibility index (Phi) is 4.04. The molecular formula is C19H15N3O5S. The fraction of sp³-hybridized carbons (Fsp3) is 0.158. The number of hydrogen-bond acceptors (Lipinski definition) is 7. The van der Waals surface area contributed by atoms with E-state index in [0.29, 0.717) is 15.0 Å². The zero-order chi connectivity index (χ0) is 20.2. The van der Waals surface area contributed by atoms with Crippen LogP contribution in [0.5, 0.6) is 11.5 Å². The third kappa shape index (κ3) is 2.59. The monoisotopic (exact) mass is 397 g/mol. The molecule has 4 rings (SSSR count). The molecule has 0 atom stereocenters. The van der Waals surface area contributed by atoms with Gasteiger partial charge in [-0.25, -0.2) is 9.38 Å². The number of phenols is 1. The van der Waals surface area contributed by atoms with Crippen molar-refractivity contribution < 1.29 is 14.8 Å². The number of hydrogen-bond donors (Lipinski definition) is 1. The molecule has 142 valence electrons. The van der Waals surface area contributed by atoms with Gasteiger partial charge in [0.05, 0.1) is 33.2 Å². The predicted octanol–water partition coefficient (Wildman–Crippen LogP) is 2.70. The summed E-state index contributed by atoms with van der Waals surface area (Å²) in [5.41, 5.74) is 2.94. The number of nitro benzene ring substituents is 1. The molecule has 2 aromatic heterocycles. The molecule has 0 saturated carbocycles. The number of fused-ring (bicyclic) bond motifs is 3. The van der Waals surface area contributed by atoms with Gasteiger partial charge in [0.2, 0.25) is 5.75 Å². The van der Waals surface area contributed by atoms with E-state index in [4.69, 9.17) is 4.74 Å². The molecule has 0 unspecified atom stereocenters. The predicted molar refractivity (Wildman–Crippen MR) is 106 cm³/mol. The minimum absolute atomic E-state index is 0.165. The molecule has 0 spiro atoms. The van der Waals surface area contributed by atoms with E-state index in [9.17, 15) is 20.0 Å². The number of aryl methyl sites for hydroxylation is 2. The van der Waals surface area contributed by atoms with Gasteiger partial charge in [-0.15, -0.1) is 0 Å². The van der Waals surface area contributed by atoms with Crippen LogP contribution in [0, 0.1) is 24.0 Å². The van der Waals surface area contributed by atoms with Gasteiger partial charge in [0.1, 0.15) is 0 Å². The van der Waals surface area contributed by atoms with Crippen molar-refractivity contribution in [3.63, 3.8) is 0 Å². The fourth-order valence-electron chi connectivity index (χ4n) is 3.33. The summed E-state index contributed by atoms with van der Waals surface area (Å²) in [6.45, 7) is 3.89.